The van der Waals surface area contributed by atoms with Gasteiger partial charge >= 0.3 is 0 Å². The Morgan fingerprint density at radius 2 is 2.27 bits per heavy atom. The smallest absolute Gasteiger partial charge is 0.164 e. The summed E-state index contributed by atoms with van der Waals surface area (Å²) in [5.74, 6) is -0.736. The average Bonchev–Trinajstić information content (AvgIpc) is 2.54. The monoisotopic (exact) mass is 211 g/mol. The normalized spacial score (nSPS) is 32.3. The third kappa shape index (κ3) is 2.15. The molecule has 0 spiro atoms. The fraction of sp³-hybridized carbons (Fsp3) is 0.727. The molecule has 0 saturated heterocycles. The predicted molar refractivity (Wildman–Crippen MR) is 56.9 cm³/mol. The highest BCUT2D eigenvalue weighted by Gasteiger charge is 2.41. The van der Waals surface area contributed by atoms with Crippen LogP contribution in [0.3, 0.4) is 0 Å². The van der Waals surface area contributed by atoms with Gasteiger partial charge in [-0.1, -0.05) is 20.3 Å². The maximum absolute atomic E-state index is 11.3. The zero-order valence-electron chi connectivity index (χ0n) is 9.30. The van der Waals surface area contributed by atoms with Crippen molar-refractivity contribution < 1.29 is 14.7 Å². The van der Waals surface area contributed by atoms with Gasteiger partial charge < -0.3 is 5.11 Å². The Balaban J connectivity index is 2.94. The fourth-order valence-corrected chi connectivity index (χ4v) is 1.96. The minimum absolute atomic E-state index is 0.180. The number of carbonyl (C=O) groups excluding carboxylic acids is 2. The van der Waals surface area contributed by atoms with E-state index in [1.54, 1.807) is 0 Å². The van der Waals surface area contributed by atoms with Crippen molar-refractivity contribution in [3.05, 3.63) is 0 Å². The SMILES string of the molecule is CCC(C)C1N=C(C=O)C(C(C)=O)C1O. The van der Waals surface area contributed by atoms with E-state index in [9.17, 15) is 14.7 Å². The molecule has 15 heavy (non-hydrogen) atoms. The number of aldehydes is 1. The number of hydrogen-bond acceptors (Lipinski definition) is 4. The van der Waals surface area contributed by atoms with Crippen molar-refractivity contribution in [1.82, 2.24) is 0 Å². The Kier molecular flexibility index (Phi) is 3.74. The zero-order valence-corrected chi connectivity index (χ0v) is 9.30. The Hall–Kier alpha value is -1.03. The first-order chi connectivity index (χ1) is 7.02. The van der Waals surface area contributed by atoms with Crippen molar-refractivity contribution >= 4 is 17.8 Å². The van der Waals surface area contributed by atoms with Crippen LogP contribution >= 0.6 is 0 Å². The van der Waals surface area contributed by atoms with Crippen molar-refractivity contribution in [3.8, 4) is 0 Å². The summed E-state index contributed by atoms with van der Waals surface area (Å²) in [7, 11) is 0. The van der Waals surface area contributed by atoms with Crippen LogP contribution in [0, 0.1) is 11.8 Å². The van der Waals surface area contributed by atoms with Crippen molar-refractivity contribution in [2.45, 2.75) is 39.3 Å². The number of Topliss-reactive ketones (excluding diaryl/α,β-unsaturated/α-hetero) is 1. The number of aliphatic imine (C=N–C) groups is 1. The highest BCUT2D eigenvalue weighted by Crippen LogP contribution is 2.27. The van der Waals surface area contributed by atoms with Crippen molar-refractivity contribution in [3.63, 3.8) is 0 Å². The van der Waals surface area contributed by atoms with E-state index in [1.807, 2.05) is 13.8 Å². The number of nitrogens with zero attached hydrogens (tertiary/aromatic N) is 1. The Morgan fingerprint density at radius 3 is 2.60 bits per heavy atom. The molecule has 1 rings (SSSR count). The topological polar surface area (TPSA) is 66.7 Å². The van der Waals surface area contributed by atoms with Crippen molar-refractivity contribution in [1.29, 1.82) is 0 Å². The molecule has 4 heteroatoms. The lowest BCUT2D eigenvalue weighted by Gasteiger charge is -2.21. The van der Waals surface area contributed by atoms with Gasteiger partial charge in [0.2, 0.25) is 0 Å². The molecular formula is C11H17NO3. The largest absolute Gasteiger partial charge is 0.390 e. The fourth-order valence-electron chi connectivity index (χ4n) is 1.96. The first kappa shape index (κ1) is 12.0. The molecule has 84 valence electrons. The Morgan fingerprint density at radius 1 is 1.67 bits per heavy atom. The summed E-state index contributed by atoms with van der Waals surface area (Å²) in [5.41, 5.74) is 0.195. The Bertz CT molecular complexity index is 298. The van der Waals surface area contributed by atoms with Crippen LogP contribution in [0.15, 0.2) is 4.99 Å². The molecule has 0 fully saturated rings. The van der Waals surface area contributed by atoms with Gasteiger partial charge in [-0.25, -0.2) is 0 Å². The van der Waals surface area contributed by atoms with Crippen LogP contribution in [0.2, 0.25) is 0 Å². The molecule has 1 heterocycles. The number of aliphatic hydroxyl groups is 1. The summed E-state index contributed by atoms with van der Waals surface area (Å²) in [6, 6.07) is -0.316. The molecule has 1 aliphatic rings. The summed E-state index contributed by atoms with van der Waals surface area (Å²) in [6.07, 6.45) is 0.609. The lowest BCUT2D eigenvalue weighted by atomic mass is 9.87. The van der Waals surface area contributed by atoms with Crippen LogP contribution in [0.4, 0.5) is 0 Å². The average molecular weight is 211 g/mol. The number of hydrogen-bond donors (Lipinski definition) is 1. The minimum atomic E-state index is -0.836. The molecule has 4 unspecified atom stereocenters. The van der Waals surface area contributed by atoms with Gasteiger partial charge in [0.15, 0.2) is 6.29 Å². The minimum Gasteiger partial charge on any atom is -0.390 e. The second-order valence-electron chi connectivity index (χ2n) is 4.13. The van der Waals surface area contributed by atoms with Gasteiger partial charge in [0, 0.05) is 0 Å². The predicted octanol–water partition coefficient (Wildman–Crippen LogP) is 0.621. The van der Waals surface area contributed by atoms with E-state index in [2.05, 4.69) is 4.99 Å². The van der Waals surface area contributed by atoms with Gasteiger partial charge in [-0.15, -0.1) is 0 Å². The third-order valence-corrected chi connectivity index (χ3v) is 3.09. The second-order valence-corrected chi connectivity index (χ2v) is 4.13. The number of aliphatic hydroxyl groups excluding tert-OH is 1. The Labute approximate surface area is 89.4 Å². The number of rotatable bonds is 4. The summed E-state index contributed by atoms with van der Waals surface area (Å²) < 4.78 is 0. The molecule has 0 bridgehead atoms. The van der Waals surface area contributed by atoms with Gasteiger partial charge in [-0.3, -0.25) is 14.6 Å². The third-order valence-electron chi connectivity index (χ3n) is 3.09. The van der Waals surface area contributed by atoms with Crippen LogP contribution in [0.25, 0.3) is 0 Å². The molecule has 0 aromatic carbocycles. The van der Waals surface area contributed by atoms with Crippen LogP contribution in [0.5, 0.6) is 0 Å². The number of carbonyl (C=O) groups is 2. The van der Waals surface area contributed by atoms with E-state index in [1.165, 1.54) is 6.92 Å². The van der Waals surface area contributed by atoms with Crippen LogP contribution in [-0.2, 0) is 9.59 Å². The van der Waals surface area contributed by atoms with Crippen molar-refractivity contribution in [2.24, 2.45) is 16.8 Å². The zero-order chi connectivity index (χ0) is 11.6. The van der Waals surface area contributed by atoms with Gasteiger partial charge in [-0.05, 0) is 12.8 Å². The summed E-state index contributed by atoms with van der Waals surface area (Å²) in [6.45, 7) is 5.34. The molecule has 0 amide bonds. The molecule has 0 aliphatic carbocycles. The van der Waals surface area contributed by atoms with Gasteiger partial charge in [0.05, 0.1) is 23.8 Å². The molecule has 0 aromatic heterocycles. The highest BCUT2D eigenvalue weighted by atomic mass is 16.3. The molecule has 0 aromatic rings. The van der Waals surface area contributed by atoms with Gasteiger partial charge in [0.1, 0.15) is 5.78 Å². The molecule has 4 nitrogen and oxygen atoms in total. The molecule has 1 N–H and O–H groups in total. The lowest BCUT2D eigenvalue weighted by molar-refractivity contribution is -0.122. The first-order valence-corrected chi connectivity index (χ1v) is 5.24. The first-order valence-electron chi connectivity index (χ1n) is 5.24. The maximum atomic E-state index is 11.3. The molecule has 0 saturated carbocycles. The molecule has 4 atom stereocenters. The van der Waals surface area contributed by atoms with Crippen LogP contribution in [0.1, 0.15) is 27.2 Å². The summed E-state index contributed by atoms with van der Waals surface area (Å²) in [4.78, 5) is 26.2. The van der Waals surface area contributed by atoms with Gasteiger partial charge in [-0.2, -0.15) is 0 Å². The van der Waals surface area contributed by atoms with Crippen LogP contribution in [-0.4, -0.2) is 35.0 Å². The van der Waals surface area contributed by atoms with E-state index >= 15 is 0 Å². The summed E-state index contributed by atoms with van der Waals surface area (Å²) in [5, 5.41) is 9.93. The standard InChI is InChI=1S/C11H17NO3/c1-4-6(2)10-11(15)9(7(3)14)8(5-13)12-10/h5-6,9-11,15H,4H2,1-3H3. The lowest BCUT2D eigenvalue weighted by Crippen LogP contribution is -2.36. The molecular weight excluding hydrogens is 194 g/mol. The van der Waals surface area contributed by atoms with E-state index in [-0.39, 0.29) is 23.5 Å². The maximum Gasteiger partial charge on any atom is 0.164 e. The van der Waals surface area contributed by atoms with Crippen molar-refractivity contribution in [2.75, 3.05) is 0 Å². The van der Waals surface area contributed by atoms with Crippen LogP contribution < -0.4 is 0 Å². The number of ketones is 1. The molecule has 1 aliphatic heterocycles. The highest BCUT2D eigenvalue weighted by molar-refractivity contribution is 6.35. The van der Waals surface area contributed by atoms with E-state index in [0.717, 1.165) is 6.42 Å². The summed E-state index contributed by atoms with van der Waals surface area (Å²) >= 11 is 0. The van der Waals surface area contributed by atoms with Gasteiger partial charge in [0.25, 0.3) is 0 Å². The molecule has 0 radical (unpaired) electrons. The van der Waals surface area contributed by atoms with E-state index in [4.69, 9.17) is 0 Å². The quantitative estimate of drug-likeness (QED) is 0.693. The second kappa shape index (κ2) is 4.66. The van der Waals surface area contributed by atoms with E-state index < -0.39 is 12.0 Å². The van der Waals surface area contributed by atoms with E-state index in [0.29, 0.717) is 6.29 Å².